The van der Waals surface area contributed by atoms with Crippen LogP contribution in [0.25, 0.3) is 0 Å². The lowest BCUT2D eigenvalue weighted by atomic mass is 10.2. The van der Waals surface area contributed by atoms with Gasteiger partial charge in [-0.2, -0.15) is 0 Å². The molecule has 0 aliphatic heterocycles. The number of hydrogen-bond acceptors (Lipinski definition) is 4. The summed E-state index contributed by atoms with van der Waals surface area (Å²) in [6, 6.07) is 10.3. The maximum Gasteiger partial charge on any atom is 0.260 e. The van der Waals surface area contributed by atoms with Crippen molar-refractivity contribution in [3.05, 3.63) is 53.7 Å². The molecule has 0 saturated heterocycles. The number of methoxy groups -OCH3 is 1. The molecule has 19 heavy (non-hydrogen) atoms. The fourth-order valence-corrected chi connectivity index (χ4v) is 1.61. The van der Waals surface area contributed by atoms with Crippen molar-refractivity contribution in [2.75, 3.05) is 12.4 Å². The van der Waals surface area contributed by atoms with E-state index >= 15 is 0 Å². The quantitative estimate of drug-likeness (QED) is 0.877. The predicted octanol–water partition coefficient (Wildman–Crippen LogP) is 1.83. The van der Waals surface area contributed by atoms with Crippen molar-refractivity contribution < 1.29 is 14.6 Å². The summed E-state index contributed by atoms with van der Waals surface area (Å²) >= 11 is 0. The number of benzene rings is 1. The number of ether oxygens (including phenoxy) is 1. The van der Waals surface area contributed by atoms with E-state index in [1.807, 2.05) is 0 Å². The van der Waals surface area contributed by atoms with E-state index in [0.717, 1.165) is 0 Å². The number of nitrogens with zero attached hydrogens (tertiary/aromatic N) is 1. The average Bonchev–Trinajstić information content (AvgIpc) is 2.48. The van der Waals surface area contributed by atoms with Crippen LogP contribution in [0.5, 0.6) is 5.75 Å². The summed E-state index contributed by atoms with van der Waals surface area (Å²) in [6.07, 6.45) is 1.51. The Morgan fingerprint density at radius 1 is 1.32 bits per heavy atom. The summed E-state index contributed by atoms with van der Waals surface area (Å²) < 4.78 is 5.13. The maximum absolute atomic E-state index is 12.1. The highest BCUT2D eigenvalue weighted by atomic mass is 16.5. The van der Waals surface area contributed by atoms with Gasteiger partial charge in [-0.3, -0.25) is 4.79 Å². The summed E-state index contributed by atoms with van der Waals surface area (Å²) in [5.41, 5.74) is 1.13. The van der Waals surface area contributed by atoms with Crippen LogP contribution >= 0.6 is 0 Å². The molecule has 2 aromatic rings. The average molecular weight is 258 g/mol. The molecule has 2 rings (SSSR count). The van der Waals surface area contributed by atoms with Crippen molar-refractivity contribution in [2.24, 2.45) is 0 Å². The molecule has 5 nitrogen and oxygen atoms in total. The first-order valence-corrected chi connectivity index (χ1v) is 5.74. The monoisotopic (exact) mass is 258 g/mol. The van der Waals surface area contributed by atoms with Gasteiger partial charge in [-0.25, -0.2) is 4.98 Å². The molecular weight excluding hydrogens is 244 g/mol. The number of anilines is 1. The highest BCUT2D eigenvalue weighted by Crippen LogP contribution is 2.18. The third kappa shape index (κ3) is 3.08. The number of pyridine rings is 1. The zero-order valence-corrected chi connectivity index (χ0v) is 10.5. The smallest absolute Gasteiger partial charge is 0.260 e. The van der Waals surface area contributed by atoms with Crippen LogP contribution in [0.1, 0.15) is 15.9 Å². The van der Waals surface area contributed by atoms with Gasteiger partial charge in [-0.1, -0.05) is 18.2 Å². The molecule has 0 bridgehead atoms. The molecule has 0 atom stereocenters. The van der Waals surface area contributed by atoms with E-state index < -0.39 is 0 Å². The first-order chi connectivity index (χ1) is 9.24. The van der Waals surface area contributed by atoms with Crippen LogP contribution in [0.4, 0.5) is 5.82 Å². The molecule has 0 saturated carbocycles. The SMILES string of the molecule is COc1ccccc1C(=O)Nc1ccc(CO)cn1. The Morgan fingerprint density at radius 3 is 2.74 bits per heavy atom. The number of rotatable bonds is 4. The van der Waals surface area contributed by atoms with Gasteiger partial charge in [0.05, 0.1) is 19.3 Å². The van der Waals surface area contributed by atoms with Gasteiger partial charge in [-0.05, 0) is 23.8 Å². The van der Waals surface area contributed by atoms with Crippen molar-refractivity contribution in [3.63, 3.8) is 0 Å². The number of nitrogens with one attached hydrogen (secondary N) is 1. The van der Waals surface area contributed by atoms with E-state index in [-0.39, 0.29) is 12.5 Å². The summed E-state index contributed by atoms with van der Waals surface area (Å²) in [6.45, 7) is -0.0757. The van der Waals surface area contributed by atoms with Crippen molar-refractivity contribution in [1.82, 2.24) is 4.98 Å². The fourth-order valence-electron chi connectivity index (χ4n) is 1.61. The number of amides is 1. The van der Waals surface area contributed by atoms with Crippen molar-refractivity contribution >= 4 is 11.7 Å². The van der Waals surface area contributed by atoms with Crippen molar-refractivity contribution in [1.29, 1.82) is 0 Å². The Kier molecular flexibility index (Phi) is 4.10. The lowest BCUT2D eigenvalue weighted by Gasteiger charge is -2.08. The number of hydrogen-bond donors (Lipinski definition) is 2. The number of carbonyl (C=O) groups excluding carboxylic acids is 1. The van der Waals surface area contributed by atoms with Gasteiger partial charge in [0, 0.05) is 6.20 Å². The third-order valence-electron chi connectivity index (χ3n) is 2.60. The van der Waals surface area contributed by atoms with Crippen LogP contribution in [0.3, 0.4) is 0 Å². The van der Waals surface area contributed by atoms with Gasteiger partial charge < -0.3 is 15.2 Å². The number of para-hydroxylation sites is 1. The summed E-state index contributed by atoms with van der Waals surface area (Å²) in [5, 5.41) is 11.6. The molecule has 98 valence electrons. The molecule has 0 spiro atoms. The minimum Gasteiger partial charge on any atom is -0.496 e. The summed E-state index contributed by atoms with van der Waals surface area (Å²) in [4.78, 5) is 16.1. The highest BCUT2D eigenvalue weighted by Gasteiger charge is 2.11. The second-order valence-corrected chi connectivity index (χ2v) is 3.86. The molecule has 0 aliphatic carbocycles. The predicted molar refractivity (Wildman–Crippen MR) is 71.1 cm³/mol. The van der Waals surface area contributed by atoms with Crippen LogP contribution in [-0.4, -0.2) is 23.1 Å². The molecule has 0 radical (unpaired) electrons. The largest absolute Gasteiger partial charge is 0.496 e. The normalized spacial score (nSPS) is 10.0. The second kappa shape index (κ2) is 5.97. The molecule has 1 amide bonds. The van der Waals surface area contributed by atoms with Gasteiger partial charge in [0.25, 0.3) is 5.91 Å². The number of aliphatic hydroxyl groups excluding tert-OH is 1. The van der Waals surface area contributed by atoms with E-state index in [0.29, 0.717) is 22.7 Å². The summed E-state index contributed by atoms with van der Waals surface area (Å²) in [5.74, 6) is 0.641. The Balaban J connectivity index is 2.16. The molecule has 1 heterocycles. The minimum atomic E-state index is -0.290. The number of carbonyl (C=O) groups is 1. The van der Waals surface area contributed by atoms with Crippen LogP contribution in [0, 0.1) is 0 Å². The van der Waals surface area contributed by atoms with E-state index in [1.165, 1.54) is 13.3 Å². The zero-order valence-electron chi connectivity index (χ0n) is 10.5. The molecule has 1 aromatic carbocycles. The molecule has 2 N–H and O–H groups in total. The van der Waals surface area contributed by atoms with E-state index in [9.17, 15) is 4.79 Å². The van der Waals surface area contributed by atoms with Crippen molar-refractivity contribution in [3.8, 4) is 5.75 Å². The Labute approximate surface area is 110 Å². The van der Waals surface area contributed by atoms with Gasteiger partial charge in [0.1, 0.15) is 11.6 Å². The van der Waals surface area contributed by atoms with Gasteiger partial charge >= 0.3 is 0 Å². The molecule has 0 aliphatic rings. The van der Waals surface area contributed by atoms with Crippen LogP contribution in [0.15, 0.2) is 42.6 Å². The molecular formula is C14H14N2O3. The van der Waals surface area contributed by atoms with Crippen LogP contribution in [0.2, 0.25) is 0 Å². The minimum absolute atomic E-state index is 0.0757. The van der Waals surface area contributed by atoms with Gasteiger partial charge in [-0.15, -0.1) is 0 Å². The van der Waals surface area contributed by atoms with Crippen molar-refractivity contribution in [2.45, 2.75) is 6.61 Å². The fraction of sp³-hybridized carbons (Fsp3) is 0.143. The summed E-state index contributed by atoms with van der Waals surface area (Å²) in [7, 11) is 1.51. The van der Waals surface area contributed by atoms with Crippen LogP contribution < -0.4 is 10.1 Å². The maximum atomic E-state index is 12.1. The van der Waals surface area contributed by atoms with Gasteiger partial charge in [0.2, 0.25) is 0 Å². The molecule has 0 fully saturated rings. The molecule has 1 aromatic heterocycles. The second-order valence-electron chi connectivity index (χ2n) is 3.86. The first kappa shape index (κ1) is 13.0. The first-order valence-electron chi connectivity index (χ1n) is 5.74. The Hall–Kier alpha value is -2.40. The van der Waals surface area contributed by atoms with E-state index in [1.54, 1.807) is 36.4 Å². The number of aromatic nitrogens is 1. The lowest BCUT2D eigenvalue weighted by molar-refractivity contribution is 0.102. The Morgan fingerprint density at radius 2 is 2.11 bits per heavy atom. The van der Waals surface area contributed by atoms with Gasteiger partial charge in [0.15, 0.2) is 0 Å². The van der Waals surface area contributed by atoms with E-state index in [2.05, 4.69) is 10.3 Å². The highest BCUT2D eigenvalue weighted by molar-refractivity contribution is 6.05. The van der Waals surface area contributed by atoms with Crippen LogP contribution in [-0.2, 0) is 6.61 Å². The Bertz CT molecular complexity index is 567. The number of aliphatic hydroxyl groups is 1. The zero-order chi connectivity index (χ0) is 13.7. The molecule has 5 heteroatoms. The third-order valence-corrected chi connectivity index (χ3v) is 2.60. The lowest BCUT2D eigenvalue weighted by Crippen LogP contribution is -2.14. The standard InChI is InChI=1S/C14H14N2O3/c1-19-12-5-3-2-4-11(12)14(18)16-13-7-6-10(9-17)8-15-13/h2-8,17H,9H2,1H3,(H,15,16,18). The topological polar surface area (TPSA) is 71.5 Å². The van der Waals surface area contributed by atoms with E-state index in [4.69, 9.17) is 9.84 Å². The molecule has 0 unspecified atom stereocenters.